The summed E-state index contributed by atoms with van der Waals surface area (Å²) < 4.78 is 16.6. The fourth-order valence-corrected chi connectivity index (χ4v) is 4.08. The summed E-state index contributed by atoms with van der Waals surface area (Å²) in [6.07, 6.45) is 6.61. The number of rotatable bonds is 7. The Kier molecular flexibility index (Phi) is 6.03. The van der Waals surface area contributed by atoms with Crippen LogP contribution in [0.25, 0.3) is 10.9 Å². The van der Waals surface area contributed by atoms with Crippen molar-refractivity contribution in [2.75, 3.05) is 10.6 Å². The van der Waals surface area contributed by atoms with Crippen LogP contribution in [0.4, 0.5) is 21.7 Å². The van der Waals surface area contributed by atoms with Gasteiger partial charge in [0.25, 0.3) is 5.91 Å². The summed E-state index contributed by atoms with van der Waals surface area (Å²) in [6.45, 7) is 2.93. The van der Waals surface area contributed by atoms with Crippen molar-refractivity contribution < 1.29 is 9.18 Å². The van der Waals surface area contributed by atoms with E-state index in [9.17, 15) is 9.18 Å². The minimum Gasteiger partial charge on any atom is -0.365 e. The van der Waals surface area contributed by atoms with Crippen molar-refractivity contribution in [1.82, 2.24) is 14.8 Å². The van der Waals surface area contributed by atoms with E-state index in [1.165, 1.54) is 0 Å². The lowest BCUT2D eigenvalue weighted by atomic mass is 9.91. The lowest BCUT2D eigenvalue weighted by Crippen LogP contribution is -2.43. The standard InChI is InChI=1S/C22H28FN7O/c1-2-9-30-19-8-7-14(10-13(19)12-26-30)27-21-15(20(25)31)11-16(23)22(29-21)28-18-6-4-3-5-17(18)24/h7-8,10-12,17-18H,2-6,9,24H2,1H3,(H2,25,31)(H2,27,28,29). The maximum Gasteiger partial charge on any atom is 0.252 e. The zero-order valence-corrected chi connectivity index (χ0v) is 17.6. The molecule has 8 nitrogen and oxygen atoms in total. The molecule has 0 spiro atoms. The van der Waals surface area contributed by atoms with Crippen LogP contribution in [0.15, 0.2) is 30.5 Å². The normalized spacial score (nSPS) is 18.8. The molecule has 2 aromatic heterocycles. The summed E-state index contributed by atoms with van der Waals surface area (Å²) in [4.78, 5) is 16.3. The molecule has 1 saturated carbocycles. The van der Waals surface area contributed by atoms with Crippen molar-refractivity contribution in [3.05, 3.63) is 41.8 Å². The quantitative estimate of drug-likeness (QED) is 0.459. The van der Waals surface area contributed by atoms with Crippen LogP contribution in [-0.2, 0) is 6.54 Å². The number of fused-ring (bicyclic) bond motifs is 1. The van der Waals surface area contributed by atoms with Crippen molar-refractivity contribution >= 4 is 34.1 Å². The van der Waals surface area contributed by atoms with Crippen molar-refractivity contribution in [2.24, 2.45) is 11.5 Å². The molecule has 9 heteroatoms. The van der Waals surface area contributed by atoms with Crippen molar-refractivity contribution in [3.63, 3.8) is 0 Å². The van der Waals surface area contributed by atoms with Crippen molar-refractivity contribution in [2.45, 2.75) is 57.7 Å². The molecule has 1 aliphatic carbocycles. The Balaban J connectivity index is 1.64. The fraction of sp³-hybridized carbons (Fsp3) is 0.409. The minimum atomic E-state index is -0.758. The van der Waals surface area contributed by atoms with Gasteiger partial charge in [0.05, 0.1) is 17.3 Å². The van der Waals surface area contributed by atoms with Gasteiger partial charge in [-0.15, -0.1) is 0 Å². The third-order valence-corrected chi connectivity index (χ3v) is 5.72. The number of nitrogens with two attached hydrogens (primary N) is 2. The molecular weight excluding hydrogens is 397 g/mol. The second-order valence-electron chi connectivity index (χ2n) is 8.04. The third kappa shape index (κ3) is 4.46. The highest BCUT2D eigenvalue weighted by molar-refractivity contribution is 5.99. The number of nitrogens with zero attached hydrogens (tertiary/aromatic N) is 3. The van der Waals surface area contributed by atoms with Gasteiger partial charge in [0.2, 0.25) is 0 Å². The molecular formula is C22H28FN7O. The summed E-state index contributed by atoms with van der Waals surface area (Å²) in [6, 6.07) is 6.72. The van der Waals surface area contributed by atoms with Gasteiger partial charge in [-0.05, 0) is 43.5 Å². The molecule has 2 unspecified atom stereocenters. The Morgan fingerprint density at radius 2 is 2.06 bits per heavy atom. The van der Waals surface area contributed by atoms with E-state index < -0.39 is 11.7 Å². The number of aryl methyl sites for hydroxylation is 1. The van der Waals surface area contributed by atoms with E-state index >= 15 is 0 Å². The summed E-state index contributed by atoms with van der Waals surface area (Å²) in [7, 11) is 0. The molecule has 1 aromatic carbocycles. The molecule has 0 saturated heterocycles. The van der Waals surface area contributed by atoms with Crippen LogP contribution in [0, 0.1) is 5.82 Å². The van der Waals surface area contributed by atoms with E-state index in [-0.39, 0.29) is 29.3 Å². The number of anilines is 3. The van der Waals surface area contributed by atoms with Crippen molar-refractivity contribution in [1.29, 1.82) is 0 Å². The first kappa shape index (κ1) is 21.0. The van der Waals surface area contributed by atoms with Gasteiger partial charge < -0.3 is 22.1 Å². The zero-order chi connectivity index (χ0) is 22.0. The van der Waals surface area contributed by atoms with Crippen LogP contribution in [0.1, 0.15) is 49.4 Å². The predicted octanol–water partition coefficient (Wildman–Crippen LogP) is 3.50. The molecule has 31 heavy (non-hydrogen) atoms. The first-order valence-electron chi connectivity index (χ1n) is 10.7. The number of aromatic nitrogens is 3. The number of primary amides is 1. The Hall–Kier alpha value is -3.20. The number of amides is 1. The average molecular weight is 426 g/mol. The number of hydrogen-bond donors (Lipinski definition) is 4. The van der Waals surface area contributed by atoms with E-state index in [0.29, 0.717) is 5.69 Å². The average Bonchev–Trinajstić information content (AvgIpc) is 3.14. The number of hydrogen-bond acceptors (Lipinski definition) is 6. The van der Waals surface area contributed by atoms with E-state index in [1.807, 2.05) is 22.9 Å². The molecule has 164 valence electrons. The monoisotopic (exact) mass is 425 g/mol. The lowest BCUT2D eigenvalue weighted by Gasteiger charge is -2.30. The highest BCUT2D eigenvalue weighted by atomic mass is 19.1. The minimum absolute atomic E-state index is 0.0160. The molecule has 2 atom stereocenters. The van der Waals surface area contributed by atoms with Gasteiger partial charge in [-0.25, -0.2) is 9.37 Å². The van der Waals surface area contributed by atoms with Gasteiger partial charge in [0.15, 0.2) is 11.6 Å². The van der Waals surface area contributed by atoms with Crippen LogP contribution >= 0.6 is 0 Å². The number of benzene rings is 1. The van der Waals surface area contributed by atoms with E-state index in [0.717, 1.165) is 55.6 Å². The number of carbonyl (C=O) groups excluding carboxylic acids is 1. The van der Waals surface area contributed by atoms with E-state index in [4.69, 9.17) is 11.5 Å². The van der Waals surface area contributed by atoms with Crippen LogP contribution in [-0.4, -0.2) is 32.8 Å². The fourth-order valence-electron chi connectivity index (χ4n) is 4.08. The van der Waals surface area contributed by atoms with Gasteiger partial charge in [-0.1, -0.05) is 19.8 Å². The Morgan fingerprint density at radius 3 is 2.81 bits per heavy atom. The molecule has 1 aliphatic rings. The Bertz CT molecular complexity index is 1100. The molecule has 2 heterocycles. The van der Waals surface area contributed by atoms with E-state index in [1.54, 1.807) is 6.20 Å². The van der Waals surface area contributed by atoms with Gasteiger partial charge in [0, 0.05) is 29.7 Å². The summed E-state index contributed by atoms with van der Waals surface area (Å²) >= 11 is 0. The highest BCUT2D eigenvalue weighted by Crippen LogP contribution is 2.28. The summed E-state index contributed by atoms with van der Waals surface area (Å²) in [5, 5.41) is 11.6. The molecule has 1 fully saturated rings. The Morgan fingerprint density at radius 1 is 1.26 bits per heavy atom. The first-order valence-corrected chi connectivity index (χ1v) is 10.7. The zero-order valence-electron chi connectivity index (χ0n) is 17.6. The van der Waals surface area contributed by atoms with Crippen LogP contribution in [0.2, 0.25) is 0 Å². The van der Waals surface area contributed by atoms with E-state index in [2.05, 4.69) is 27.6 Å². The molecule has 0 radical (unpaired) electrons. The van der Waals surface area contributed by atoms with Crippen molar-refractivity contribution in [3.8, 4) is 0 Å². The van der Waals surface area contributed by atoms with Gasteiger partial charge in [0.1, 0.15) is 5.82 Å². The molecule has 3 aromatic rings. The number of halogens is 1. The SMILES string of the molecule is CCCn1ncc2cc(Nc3nc(NC4CCCCC4N)c(F)cc3C(N)=O)ccc21. The smallest absolute Gasteiger partial charge is 0.252 e. The molecule has 4 rings (SSSR count). The maximum atomic E-state index is 14.7. The summed E-state index contributed by atoms with van der Waals surface area (Å²) in [5.41, 5.74) is 13.4. The first-order chi connectivity index (χ1) is 15.0. The predicted molar refractivity (Wildman–Crippen MR) is 120 cm³/mol. The Labute approximate surface area is 180 Å². The number of pyridine rings is 1. The number of nitrogens with one attached hydrogen (secondary N) is 2. The molecule has 1 amide bonds. The van der Waals surface area contributed by atoms with Crippen LogP contribution < -0.4 is 22.1 Å². The molecule has 0 bridgehead atoms. The van der Waals surface area contributed by atoms with Crippen LogP contribution in [0.5, 0.6) is 0 Å². The van der Waals surface area contributed by atoms with Gasteiger partial charge in [-0.2, -0.15) is 5.10 Å². The number of carbonyl (C=O) groups is 1. The van der Waals surface area contributed by atoms with Crippen LogP contribution in [0.3, 0.4) is 0 Å². The molecule has 0 aliphatic heterocycles. The van der Waals surface area contributed by atoms with Gasteiger partial charge >= 0.3 is 0 Å². The maximum absolute atomic E-state index is 14.7. The largest absolute Gasteiger partial charge is 0.365 e. The molecule has 6 N–H and O–H groups in total. The highest BCUT2D eigenvalue weighted by Gasteiger charge is 2.24. The second-order valence-corrected chi connectivity index (χ2v) is 8.04. The second kappa shape index (κ2) is 8.89. The summed E-state index contributed by atoms with van der Waals surface area (Å²) in [5.74, 6) is -1.13. The lowest BCUT2D eigenvalue weighted by molar-refractivity contribution is 0.100. The topological polar surface area (TPSA) is 124 Å². The van der Waals surface area contributed by atoms with Gasteiger partial charge in [-0.3, -0.25) is 9.48 Å². The third-order valence-electron chi connectivity index (χ3n) is 5.72.